The van der Waals surface area contributed by atoms with Crippen LogP contribution in [0.2, 0.25) is 0 Å². The van der Waals surface area contributed by atoms with Crippen LogP contribution in [-0.4, -0.2) is 87.1 Å². The van der Waals surface area contributed by atoms with Gasteiger partial charge in [0.2, 0.25) is 17.6 Å². The Kier molecular flexibility index (Phi) is 8.70. The van der Waals surface area contributed by atoms with Crippen LogP contribution in [0.4, 0.5) is 0 Å². The van der Waals surface area contributed by atoms with E-state index in [0.717, 1.165) is 43.6 Å². The van der Waals surface area contributed by atoms with Crippen LogP contribution in [0.5, 0.6) is 17.2 Å². The van der Waals surface area contributed by atoms with Gasteiger partial charge < -0.3 is 24.0 Å². The van der Waals surface area contributed by atoms with Gasteiger partial charge >= 0.3 is 0 Å². The molecule has 0 N–H and O–H groups in total. The lowest BCUT2D eigenvalue weighted by Gasteiger charge is -2.39. The maximum Gasteiger partial charge on any atom is 0.227 e. The molecule has 0 spiro atoms. The Morgan fingerprint density at radius 1 is 0.833 bits per heavy atom. The summed E-state index contributed by atoms with van der Waals surface area (Å²) in [6.07, 6.45) is 2.10. The molecule has 0 bridgehead atoms. The second-order valence-corrected chi connectivity index (χ2v) is 9.44. The van der Waals surface area contributed by atoms with E-state index in [1.165, 1.54) is 0 Å². The van der Waals surface area contributed by atoms with Crippen LogP contribution in [-0.2, 0) is 22.6 Å². The number of carbonyl (C=O) groups is 2. The van der Waals surface area contributed by atoms with E-state index < -0.39 is 0 Å². The zero-order chi connectivity index (χ0) is 25.5. The van der Waals surface area contributed by atoms with E-state index in [2.05, 4.69) is 4.90 Å². The highest BCUT2D eigenvalue weighted by Gasteiger charge is 2.32. The van der Waals surface area contributed by atoms with Gasteiger partial charge in [-0.2, -0.15) is 0 Å². The SMILES string of the molecule is COc1ccc(CN2CCN(C(=O)C3CCCN(C(=O)Cc4ccccc4)C3)CC2)c(OC)c1OC. The number of methoxy groups -OCH3 is 3. The summed E-state index contributed by atoms with van der Waals surface area (Å²) in [7, 11) is 4.85. The number of benzene rings is 2. The Hall–Kier alpha value is -3.26. The first-order valence-corrected chi connectivity index (χ1v) is 12.6. The van der Waals surface area contributed by atoms with Gasteiger partial charge in [0.1, 0.15) is 0 Å². The van der Waals surface area contributed by atoms with Gasteiger partial charge in [0.15, 0.2) is 11.5 Å². The fourth-order valence-electron chi connectivity index (χ4n) is 5.20. The molecule has 2 aromatic carbocycles. The zero-order valence-electron chi connectivity index (χ0n) is 21.6. The van der Waals surface area contributed by atoms with Gasteiger partial charge in [0.25, 0.3) is 0 Å². The summed E-state index contributed by atoms with van der Waals surface area (Å²) in [5.41, 5.74) is 2.04. The number of carbonyl (C=O) groups excluding carboxylic acids is 2. The molecule has 2 saturated heterocycles. The average Bonchev–Trinajstić information content (AvgIpc) is 2.93. The second kappa shape index (κ2) is 12.1. The van der Waals surface area contributed by atoms with Crippen LogP contribution >= 0.6 is 0 Å². The third-order valence-corrected chi connectivity index (χ3v) is 7.19. The Morgan fingerprint density at radius 3 is 2.22 bits per heavy atom. The van der Waals surface area contributed by atoms with Crippen LogP contribution in [0, 0.1) is 5.92 Å². The summed E-state index contributed by atoms with van der Waals surface area (Å²) < 4.78 is 16.5. The topological polar surface area (TPSA) is 71.6 Å². The molecule has 2 aliphatic rings. The molecule has 0 radical (unpaired) electrons. The number of ether oxygens (including phenoxy) is 3. The lowest BCUT2D eigenvalue weighted by molar-refractivity contribution is -0.142. The van der Waals surface area contributed by atoms with E-state index in [-0.39, 0.29) is 17.7 Å². The first-order valence-electron chi connectivity index (χ1n) is 12.6. The number of piperazine rings is 1. The number of likely N-dealkylation sites (tertiary alicyclic amines) is 1. The third-order valence-electron chi connectivity index (χ3n) is 7.19. The van der Waals surface area contributed by atoms with Gasteiger partial charge in [-0.05, 0) is 24.5 Å². The van der Waals surface area contributed by atoms with Crippen molar-refractivity contribution in [2.24, 2.45) is 5.92 Å². The van der Waals surface area contributed by atoms with Crippen molar-refractivity contribution in [2.45, 2.75) is 25.8 Å². The summed E-state index contributed by atoms with van der Waals surface area (Å²) in [4.78, 5) is 32.3. The number of piperidine rings is 1. The fraction of sp³-hybridized carbons (Fsp3) is 0.500. The van der Waals surface area contributed by atoms with Crippen molar-refractivity contribution >= 4 is 11.8 Å². The molecule has 2 fully saturated rings. The average molecular weight is 496 g/mol. The van der Waals surface area contributed by atoms with Crippen molar-refractivity contribution in [3.8, 4) is 17.2 Å². The van der Waals surface area contributed by atoms with Crippen molar-refractivity contribution in [3.63, 3.8) is 0 Å². The molecule has 1 unspecified atom stereocenters. The third kappa shape index (κ3) is 5.93. The number of amides is 2. The van der Waals surface area contributed by atoms with E-state index in [1.54, 1.807) is 21.3 Å². The minimum Gasteiger partial charge on any atom is -0.493 e. The smallest absolute Gasteiger partial charge is 0.227 e. The molecule has 2 amide bonds. The molecule has 2 aromatic rings. The number of nitrogens with zero attached hydrogens (tertiary/aromatic N) is 3. The molecule has 8 heteroatoms. The summed E-state index contributed by atoms with van der Waals surface area (Å²) in [6.45, 7) is 4.89. The lowest BCUT2D eigenvalue weighted by Crippen LogP contribution is -2.52. The predicted octanol–water partition coefficient (Wildman–Crippen LogP) is 2.84. The second-order valence-electron chi connectivity index (χ2n) is 9.44. The largest absolute Gasteiger partial charge is 0.493 e. The Morgan fingerprint density at radius 2 is 1.56 bits per heavy atom. The molecule has 36 heavy (non-hydrogen) atoms. The van der Waals surface area contributed by atoms with E-state index in [9.17, 15) is 9.59 Å². The van der Waals surface area contributed by atoms with Crippen molar-refractivity contribution in [2.75, 3.05) is 60.6 Å². The molecule has 0 aromatic heterocycles. The quantitative estimate of drug-likeness (QED) is 0.561. The van der Waals surface area contributed by atoms with E-state index >= 15 is 0 Å². The van der Waals surface area contributed by atoms with E-state index in [1.807, 2.05) is 52.3 Å². The van der Waals surface area contributed by atoms with E-state index in [4.69, 9.17) is 14.2 Å². The monoisotopic (exact) mass is 495 g/mol. The maximum atomic E-state index is 13.3. The van der Waals surface area contributed by atoms with Crippen molar-refractivity contribution in [3.05, 3.63) is 53.6 Å². The fourth-order valence-corrected chi connectivity index (χ4v) is 5.20. The molecular weight excluding hydrogens is 458 g/mol. The minimum atomic E-state index is -0.115. The Bertz CT molecular complexity index is 1040. The molecular formula is C28H37N3O5. The molecule has 0 saturated carbocycles. The van der Waals surface area contributed by atoms with E-state index in [0.29, 0.717) is 49.8 Å². The standard InChI is InChI=1S/C28H37N3O5/c1-34-24-12-11-22(26(35-2)27(24)36-3)19-29-14-16-30(17-15-29)28(33)23-10-7-13-31(20-23)25(32)18-21-8-5-4-6-9-21/h4-6,8-9,11-12,23H,7,10,13-20H2,1-3H3. The zero-order valence-corrected chi connectivity index (χ0v) is 21.6. The van der Waals surface area contributed by atoms with Crippen molar-refractivity contribution in [1.29, 1.82) is 0 Å². The molecule has 4 rings (SSSR count). The van der Waals surface area contributed by atoms with Crippen LogP contribution in [0.1, 0.15) is 24.0 Å². The van der Waals surface area contributed by atoms with Crippen molar-refractivity contribution in [1.82, 2.24) is 14.7 Å². The summed E-state index contributed by atoms with van der Waals surface area (Å²) in [5, 5.41) is 0. The van der Waals surface area contributed by atoms with Gasteiger partial charge in [-0.3, -0.25) is 14.5 Å². The first kappa shape index (κ1) is 25.8. The molecule has 8 nitrogen and oxygen atoms in total. The maximum absolute atomic E-state index is 13.3. The summed E-state index contributed by atoms with van der Waals surface area (Å²) in [6, 6.07) is 13.7. The highest BCUT2D eigenvalue weighted by atomic mass is 16.5. The van der Waals surface area contributed by atoms with Crippen molar-refractivity contribution < 1.29 is 23.8 Å². The number of hydrogen-bond donors (Lipinski definition) is 0. The molecule has 2 heterocycles. The van der Waals surface area contributed by atoms with Gasteiger partial charge in [0.05, 0.1) is 33.7 Å². The summed E-state index contributed by atoms with van der Waals surface area (Å²) in [5.74, 6) is 2.07. The Balaban J connectivity index is 1.31. The normalized spacial score (nSPS) is 18.6. The molecule has 2 aliphatic heterocycles. The Labute approximate surface area is 213 Å². The highest BCUT2D eigenvalue weighted by Crippen LogP contribution is 2.40. The first-order chi connectivity index (χ1) is 17.5. The van der Waals surface area contributed by atoms with Gasteiger partial charge in [-0.25, -0.2) is 0 Å². The molecule has 0 aliphatic carbocycles. The van der Waals surface area contributed by atoms with Gasteiger partial charge in [-0.1, -0.05) is 36.4 Å². The summed E-state index contributed by atoms with van der Waals surface area (Å²) >= 11 is 0. The van der Waals surface area contributed by atoms with Crippen LogP contribution in [0.3, 0.4) is 0 Å². The molecule has 194 valence electrons. The number of hydrogen-bond acceptors (Lipinski definition) is 6. The highest BCUT2D eigenvalue weighted by molar-refractivity contribution is 5.82. The lowest BCUT2D eigenvalue weighted by atomic mass is 9.95. The minimum absolute atomic E-state index is 0.104. The molecule has 1 atom stereocenters. The van der Waals surface area contributed by atoms with Crippen LogP contribution in [0.15, 0.2) is 42.5 Å². The predicted molar refractivity (Wildman–Crippen MR) is 137 cm³/mol. The number of rotatable bonds is 8. The van der Waals surface area contributed by atoms with Gasteiger partial charge in [-0.15, -0.1) is 0 Å². The van der Waals surface area contributed by atoms with Crippen LogP contribution in [0.25, 0.3) is 0 Å². The van der Waals surface area contributed by atoms with Crippen LogP contribution < -0.4 is 14.2 Å². The van der Waals surface area contributed by atoms with Gasteiger partial charge in [0, 0.05) is 51.4 Å².